The molecular formula is C45H86O6. The van der Waals surface area contributed by atoms with Crippen molar-refractivity contribution in [1.82, 2.24) is 0 Å². The molecule has 0 aromatic heterocycles. The highest BCUT2D eigenvalue weighted by Gasteiger charge is 2.19. The van der Waals surface area contributed by atoms with Crippen molar-refractivity contribution in [2.24, 2.45) is 11.8 Å². The fourth-order valence-electron chi connectivity index (χ4n) is 6.54. The molecule has 0 aliphatic carbocycles. The molecule has 0 aromatic rings. The molecule has 0 spiro atoms. The van der Waals surface area contributed by atoms with Gasteiger partial charge in [-0.05, 0) is 31.1 Å². The molecule has 0 rings (SSSR count). The summed E-state index contributed by atoms with van der Waals surface area (Å²) in [5, 5.41) is 0. The van der Waals surface area contributed by atoms with Crippen LogP contribution >= 0.6 is 0 Å². The summed E-state index contributed by atoms with van der Waals surface area (Å²) in [7, 11) is 0. The molecule has 0 amide bonds. The van der Waals surface area contributed by atoms with Crippen LogP contribution < -0.4 is 0 Å². The van der Waals surface area contributed by atoms with E-state index in [1.165, 1.54) is 122 Å². The van der Waals surface area contributed by atoms with Crippen molar-refractivity contribution in [3.63, 3.8) is 0 Å². The van der Waals surface area contributed by atoms with Crippen molar-refractivity contribution in [3.05, 3.63) is 0 Å². The molecule has 6 nitrogen and oxygen atoms in total. The average molecular weight is 723 g/mol. The Morgan fingerprint density at radius 3 is 1.12 bits per heavy atom. The first kappa shape index (κ1) is 49.4. The van der Waals surface area contributed by atoms with Crippen LogP contribution in [0.1, 0.15) is 240 Å². The molecule has 0 fully saturated rings. The van der Waals surface area contributed by atoms with Crippen molar-refractivity contribution in [1.29, 1.82) is 0 Å². The number of rotatable bonds is 39. The number of hydrogen-bond acceptors (Lipinski definition) is 6. The molecule has 0 saturated heterocycles. The van der Waals surface area contributed by atoms with E-state index in [1.807, 2.05) is 0 Å². The molecule has 1 unspecified atom stereocenters. The van der Waals surface area contributed by atoms with E-state index in [2.05, 4.69) is 34.6 Å². The van der Waals surface area contributed by atoms with Gasteiger partial charge in [0.2, 0.25) is 0 Å². The van der Waals surface area contributed by atoms with E-state index in [4.69, 9.17) is 14.2 Å². The summed E-state index contributed by atoms with van der Waals surface area (Å²) in [5.74, 6) is 0.811. The summed E-state index contributed by atoms with van der Waals surface area (Å²) in [6.07, 6.45) is 35.4. The molecule has 0 saturated carbocycles. The van der Waals surface area contributed by atoms with Gasteiger partial charge < -0.3 is 14.2 Å². The Labute approximate surface area is 317 Å². The van der Waals surface area contributed by atoms with Gasteiger partial charge in [0.05, 0.1) is 0 Å². The van der Waals surface area contributed by atoms with Crippen LogP contribution in [-0.4, -0.2) is 37.2 Å². The summed E-state index contributed by atoms with van der Waals surface area (Å²) in [6.45, 7) is 11.3. The lowest BCUT2D eigenvalue weighted by Gasteiger charge is -2.18. The minimum absolute atomic E-state index is 0.0661. The summed E-state index contributed by atoms with van der Waals surface area (Å²) in [4.78, 5) is 37.4. The van der Waals surface area contributed by atoms with Crippen molar-refractivity contribution in [3.8, 4) is 0 Å². The standard InChI is InChI=1S/C45H86O6/c1-6-8-9-23-30-35-43(46)49-38-42(51-45(48)37-32-27-22-18-17-20-25-29-34-41(5)7-2)39-50-44(47)36-31-26-21-16-14-12-10-11-13-15-19-24-28-33-40(3)4/h40-42H,6-39H2,1-5H3/t41?,42-/m1/s1. The van der Waals surface area contributed by atoms with Gasteiger partial charge in [-0.1, -0.05) is 202 Å². The van der Waals surface area contributed by atoms with E-state index in [9.17, 15) is 14.4 Å². The molecule has 6 heteroatoms. The third-order valence-corrected chi connectivity index (χ3v) is 10.3. The number of unbranched alkanes of at least 4 members (excludes halogenated alkanes) is 23. The van der Waals surface area contributed by atoms with Gasteiger partial charge in [-0.3, -0.25) is 14.4 Å². The van der Waals surface area contributed by atoms with Gasteiger partial charge >= 0.3 is 17.9 Å². The quantitative estimate of drug-likeness (QED) is 0.0357. The third kappa shape index (κ3) is 38.0. The van der Waals surface area contributed by atoms with E-state index < -0.39 is 6.10 Å². The van der Waals surface area contributed by atoms with Gasteiger partial charge in [-0.15, -0.1) is 0 Å². The maximum atomic E-state index is 12.6. The van der Waals surface area contributed by atoms with Crippen LogP contribution in [0.5, 0.6) is 0 Å². The highest BCUT2D eigenvalue weighted by molar-refractivity contribution is 5.71. The number of ether oxygens (including phenoxy) is 3. The second-order valence-electron chi connectivity index (χ2n) is 16.1. The van der Waals surface area contributed by atoms with E-state index in [0.29, 0.717) is 19.3 Å². The molecule has 0 heterocycles. The van der Waals surface area contributed by atoms with Crippen LogP contribution in [0, 0.1) is 11.8 Å². The van der Waals surface area contributed by atoms with Gasteiger partial charge in [0.25, 0.3) is 0 Å². The van der Waals surface area contributed by atoms with Crippen LogP contribution in [0.3, 0.4) is 0 Å². The minimum atomic E-state index is -0.759. The lowest BCUT2D eigenvalue weighted by atomic mass is 9.99. The van der Waals surface area contributed by atoms with Crippen molar-refractivity contribution in [2.45, 2.75) is 246 Å². The molecule has 0 aliphatic heterocycles. The van der Waals surface area contributed by atoms with Crippen LogP contribution in [0.2, 0.25) is 0 Å². The van der Waals surface area contributed by atoms with Gasteiger partial charge in [0.15, 0.2) is 6.10 Å². The topological polar surface area (TPSA) is 78.9 Å². The van der Waals surface area contributed by atoms with E-state index in [1.54, 1.807) is 0 Å². The van der Waals surface area contributed by atoms with Crippen LogP contribution in [0.4, 0.5) is 0 Å². The Bertz CT molecular complexity index is 781. The minimum Gasteiger partial charge on any atom is -0.462 e. The lowest BCUT2D eigenvalue weighted by molar-refractivity contribution is -0.167. The summed E-state index contributed by atoms with van der Waals surface area (Å²) in [6, 6.07) is 0. The van der Waals surface area contributed by atoms with Gasteiger partial charge in [-0.25, -0.2) is 0 Å². The highest BCUT2D eigenvalue weighted by Crippen LogP contribution is 2.17. The van der Waals surface area contributed by atoms with E-state index in [0.717, 1.165) is 76.0 Å². The summed E-state index contributed by atoms with van der Waals surface area (Å²) >= 11 is 0. The zero-order valence-electron chi connectivity index (χ0n) is 34.7. The smallest absolute Gasteiger partial charge is 0.306 e. The summed E-state index contributed by atoms with van der Waals surface area (Å²) in [5.41, 5.74) is 0. The Hall–Kier alpha value is -1.59. The van der Waals surface area contributed by atoms with Crippen LogP contribution in [-0.2, 0) is 28.6 Å². The molecular weight excluding hydrogens is 636 g/mol. The fourth-order valence-corrected chi connectivity index (χ4v) is 6.54. The second kappa shape index (κ2) is 38.1. The Morgan fingerprint density at radius 1 is 0.412 bits per heavy atom. The van der Waals surface area contributed by atoms with Gasteiger partial charge in [-0.2, -0.15) is 0 Å². The first-order chi connectivity index (χ1) is 24.8. The zero-order valence-corrected chi connectivity index (χ0v) is 34.7. The number of esters is 3. The molecule has 0 radical (unpaired) electrons. The Morgan fingerprint density at radius 2 is 0.745 bits per heavy atom. The molecule has 2 atom stereocenters. The first-order valence-electron chi connectivity index (χ1n) is 22.3. The molecule has 0 bridgehead atoms. The SMILES string of the molecule is CCCCCCCC(=O)OC[C@H](COC(=O)CCCCCCCCCCCCCCCC(C)C)OC(=O)CCCCCCCCCCC(C)CC. The molecule has 51 heavy (non-hydrogen) atoms. The molecule has 302 valence electrons. The normalized spacial score (nSPS) is 12.6. The van der Waals surface area contributed by atoms with Crippen molar-refractivity contribution >= 4 is 17.9 Å². The fraction of sp³-hybridized carbons (Fsp3) is 0.933. The predicted octanol–water partition coefficient (Wildman–Crippen LogP) is 13.8. The number of carbonyl (C=O) groups excluding carboxylic acids is 3. The second-order valence-corrected chi connectivity index (χ2v) is 16.1. The third-order valence-electron chi connectivity index (χ3n) is 10.3. The first-order valence-corrected chi connectivity index (χ1v) is 22.3. The van der Waals surface area contributed by atoms with E-state index in [-0.39, 0.29) is 31.1 Å². The van der Waals surface area contributed by atoms with Crippen molar-refractivity contribution < 1.29 is 28.6 Å². The maximum Gasteiger partial charge on any atom is 0.306 e. The Balaban J connectivity index is 4.19. The van der Waals surface area contributed by atoms with Crippen LogP contribution in [0.15, 0.2) is 0 Å². The van der Waals surface area contributed by atoms with Crippen LogP contribution in [0.25, 0.3) is 0 Å². The maximum absolute atomic E-state index is 12.6. The molecule has 0 aliphatic rings. The van der Waals surface area contributed by atoms with Gasteiger partial charge in [0.1, 0.15) is 13.2 Å². The Kier molecular flexibility index (Phi) is 37.0. The predicted molar refractivity (Wildman–Crippen MR) is 215 cm³/mol. The largest absolute Gasteiger partial charge is 0.462 e. The average Bonchev–Trinajstić information content (AvgIpc) is 3.11. The zero-order chi connectivity index (χ0) is 37.6. The highest BCUT2D eigenvalue weighted by atomic mass is 16.6. The van der Waals surface area contributed by atoms with E-state index >= 15 is 0 Å². The molecule has 0 aromatic carbocycles. The summed E-state index contributed by atoms with van der Waals surface area (Å²) < 4.78 is 16.6. The van der Waals surface area contributed by atoms with Crippen molar-refractivity contribution in [2.75, 3.05) is 13.2 Å². The number of hydrogen-bond donors (Lipinski definition) is 0. The monoisotopic (exact) mass is 723 g/mol. The lowest BCUT2D eigenvalue weighted by Crippen LogP contribution is -2.30. The molecule has 0 N–H and O–H groups in total. The number of carbonyl (C=O) groups is 3. The van der Waals surface area contributed by atoms with Gasteiger partial charge in [0, 0.05) is 19.3 Å².